The SMILES string of the molecule is CC(=O)c1ccccc1N(C(=O)Cc1cccs1)C(C(=O)NC1CCCC1)c1ccc(Cl)cc1. The molecule has 0 saturated heterocycles. The molecule has 3 aromatic rings. The van der Waals surface area contributed by atoms with Crippen molar-refractivity contribution in [1.29, 1.82) is 0 Å². The Hall–Kier alpha value is -2.96. The van der Waals surface area contributed by atoms with Gasteiger partial charge in [-0.25, -0.2) is 0 Å². The number of nitrogens with one attached hydrogen (secondary N) is 1. The zero-order valence-electron chi connectivity index (χ0n) is 19.0. The van der Waals surface area contributed by atoms with E-state index in [0.29, 0.717) is 21.8 Å². The third kappa shape index (κ3) is 5.57. The van der Waals surface area contributed by atoms with Crippen LogP contribution in [0.5, 0.6) is 0 Å². The normalized spacial score (nSPS) is 14.5. The molecular formula is C27H27ClN2O3S. The minimum absolute atomic E-state index is 0.0830. The molecule has 0 radical (unpaired) electrons. The molecular weight excluding hydrogens is 468 g/mol. The average molecular weight is 495 g/mol. The maximum atomic E-state index is 13.8. The van der Waals surface area contributed by atoms with Crippen LogP contribution >= 0.6 is 22.9 Å². The van der Waals surface area contributed by atoms with Crippen molar-refractivity contribution in [3.05, 3.63) is 87.1 Å². The van der Waals surface area contributed by atoms with Gasteiger partial charge < -0.3 is 5.32 Å². The number of rotatable bonds is 8. The zero-order valence-corrected chi connectivity index (χ0v) is 20.6. The van der Waals surface area contributed by atoms with Crippen LogP contribution in [-0.2, 0) is 16.0 Å². The fourth-order valence-electron chi connectivity index (χ4n) is 4.46. The van der Waals surface area contributed by atoms with Gasteiger partial charge in [0.15, 0.2) is 5.78 Å². The smallest absolute Gasteiger partial charge is 0.248 e. The Labute approximate surface area is 208 Å². The summed E-state index contributed by atoms with van der Waals surface area (Å²) in [4.78, 5) is 42.5. The van der Waals surface area contributed by atoms with Crippen LogP contribution in [0.25, 0.3) is 0 Å². The molecule has 1 fully saturated rings. The molecule has 1 heterocycles. The Morgan fingerprint density at radius 1 is 1.03 bits per heavy atom. The standard InChI is InChI=1S/C27H27ClN2O3S/c1-18(31)23-10-4-5-11-24(23)30(25(32)17-22-9-6-16-34-22)26(19-12-14-20(28)15-13-19)27(33)29-21-7-2-3-8-21/h4-6,9-16,21,26H,2-3,7-8,17H2,1H3,(H,29,33). The van der Waals surface area contributed by atoms with Crippen molar-refractivity contribution in [2.75, 3.05) is 4.90 Å². The molecule has 2 amide bonds. The number of amides is 2. The highest BCUT2D eigenvalue weighted by Gasteiger charge is 2.35. The van der Waals surface area contributed by atoms with Crippen molar-refractivity contribution in [2.24, 2.45) is 0 Å². The van der Waals surface area contributed by atoms with E-state index in [2.05, 4.69) is 5.32 Å². The molecule has 2 aromatic carbocycles. The van der Waals surface area contributed by atoms with E-state index in [1.54, 1.807) is 48.5 Å². The lowest BCUT2D eigenvalue weighted by atomic mass is 9.99. The monoisotopic (exact) mass is 494 g/mol. The van der Waals surface area contributed by atoms with Crippen molar-refractivity contribution in [2.45, 2.75) is 51.1 Å². The molecule has 176 valence electrons. The molecule has 1 aromatic heterocycles. The molecule has 0 spiro atoms. The Morgan fingerprint density at radius 2 is 1.74 bits per heavy atom. The van der Waals surface area contributed by atoms with E-state index >= 15 is 0 Å². The van der Waals surface area contributed by atoms with Crippen LogP contribution < -0.4 is 10.2 Å². The summed E-state index contributed by atoms with van der Waals surface area (Å²) in [5.74, 6) is -0.680. The van der Waals surface area contributed by atoms with Gasteiger partial charge in [0.25, 0.3) is 0 Å². The number of Topliss-reactive ketones (excluding diaryl/α,β-unsaturated/α-hetero) is 1. The molecule has 1 aliphatic rings. The first kappa shape index (κ1) is 24.2. The van der Waals surface area contributed by atoms with Crippen LogP contribution in [0, 0.1) is 0 Å². The molecule has 1 saturated carbocycles. The average Bonchev–Trinajstić information content (AvgIpc) is 3.52. The number of ketones is 1. The number of carbonyl (C=O) groups excluding carboxylic acids is 3. The second-order valence-electron chi connectivity index (χ2n) is 8.54. The quantitative estimate of drug-likeness (QED) is 0.392. The lowest BCUT2D eigenvalue weighted by molar-refractivity contribution is -0.127. The maximum Gasteiger partial charge on any atom is 0.248 e. The summed E-state index contributed by atoms with van der Waals surface area (Å²) in [7, 11) is 0. The Bertz CT molecular complexity index is 1150. The summed E-state index contributed by atoms with van der Waals surface area (Å²) in [5.41, 5.74) is 1.46. The van der Waals surface area contributed by atoms with E-state index in [-0.39, 0.29) is 30.1 Å². The van der Waals surface area contributed by atoms with E-state index in [1.165, 1.54) is 23.2 Å². The van der Waals surface area contributed by atoms with Gasteiger partial charge in [-0.3, -0.25) is 19.3 Å². The summed E-state index contributed by atoms with van der Waals surface area (Å²) in [6.45, 7) is 1.47. The van der Waals surface area contributed by atoms with Gasteiger partial charge in [0.2, 0.25) is 11.8 Å². The first-order chi connectivity index (χ1) is 16.4. The largest absolute Gasteiger partial charge is 0.351 e. The second-order valence-corrected chi connectivity index (χ2v) is 10.0. The number of benzene rings is 2. The molecule has 1 N–H and O–H groups in total. The molecule has 1 atom stereocenters. The summed E-state index contributed by atoms with van der Waals surface area (Å²) < 4.78 is 0. The Balaban J connectivity index is 1.82. The van der Waals surface area contributed by atoms with Crippen LogP contribution in [0.4, 0.5) is 5.69 Å². The molecule has 5 nitrogen and oxygen atoms in total. The number of para-hydroxylation sites is 1. The van der Waals surface area contributed by atoms with Crippen LogP contribution in [0.2, 0.25) is 5.02 Å². The first-order valence-electron chi connectivity index (χ1n) is 11.4. The molecule has 4 rings (SSSR count). The van der Waals surface area contributed by atoms with Gasteiger partial charge >= 0.3 is 0 Å². The van der Waals surface area contributed by atoms with Gasteiger partial charge in [0.05, 0.1) is 12.1 Å². The molecule has 34 heavy (non-hydrogen) atoms. The van der Waals surface area contributed by atoms with Gasteiger partial charge in [-0.15, -0.1) is 11.3 Å². The number of anilines is 1. The first-order valence-corrected chi connectivity index (χ1v) is 12.7. The lowest BCUT2D eigenvalue weighted by Crippen LogP contribution is -2.47. The van der Waals surface area contributed by atoms with E-state index in [0.717, 1.165) is 30.6 Å². The highest BCUT2D eigenvalue weighted by atomic mass is 35.5. The predicted octanol–water partition coefficient (Wildman–Crippen LogP) is 5.98. The van der Waals surface area contributed by atoms with Crippen LogP contribution in [-0.4, -0.2) is 23.6 Å². The van der Waals surface area contributed by atoms with Crippen molar-refractivity contribution in [3.8, 4) is 0 Å². The highest BCUT2D eigenvalue weighted by molar-refractivity contribution is 7.10. The van der Waals surface area contributed by atoms with E-state index in [1.807, 2.05) is 17.5 Å². The number of carbonyl (C=O) groups is 3. The van der Waals surface area contributed by atoms with Crippen molar-refractivity contribution in [3.63, 3.8) is 0 Å². The van der Waals surface area contributed by atoms with E-state index in [4.69, 9.17) is 11.6 Å². The minimum Gasteiger partial charge on any atom is -0.351 e. The van der Waals surface area contributed by atoms with Gasteiger partial charge in [0.1, 0.15) is 6.04 Å². The Morgan fingerprint density at radius 3 is 2.38 bits per heavy atom. The summed E-state index contributed by atoms with van der Waals surface area (Å²) >= 11 is 7.62. The topological polar surface area (TPSA) is 66.5 Å². The third-order valence-corrected chi connectivity index (χ3v) is 7.24. The molecule has 1 unspecified atom stereocenters. The van der Waals surface area contributed by atoms with Gasteiger partial charge in [0, 0.05) is 21.5 Å². The highest BCUT2D eigenvalue weighted by Crippen LogP contribution is 2.33. The third-order valence-electron chi connectivity index (χ3n) is 6.11. The fourth-order valence-corrected chi connectivity index (χ4v) is 5.28. The number of halogens is 1. The van der Waals surface area contributed by atoms with E-state index in [9.17, 15) is 14.4 Å². The number of thiophene rings is 1. The summed E-state index contributed by atoms with van der Waals surface area (Å²) in [6, 6.07) is 16.9. The second kappa shape index (κ2) is 11.0. The predicted molar refractivity (Wildman–Crippen MR) is 137 cm³/mol. The van der Waals surface area contributed by atoms with Crippen molar-refractivity contribution < 1.29 is 14.4 Å². The number of hydrogen-bond acceptors (Lipinski definition) is 4. The Kier molecular flexibility index (Phi) is 7.80. The van der Waals surface area contributed by atoms with Crippen LogP contribution in [0.3, 0.4) is 0 Å². The lowest BCUT2D eigenvalue weighted by Gasteiger charge is -2.33. The summed E-state index contributed by atoms with van der Waals surface area (Å²) in [5, 5.41) is 5.61. The fraction of sp³-hybridized carbons (Fsp3) is 0.296. The molecule has 0 bridgehead atoms. The molecule has 0 aliphatic heterocycles. The number of hydrogen-bond donors (Lipinski definition) is 1. The zero-order chi connectivity index (χ0) is 24.1. The molecule has 7 heteroatoms. The minimum atomic E-state index is -0.939. The van der Waals surface area contributed by atoms with Crippen LogP contribution in [0.15, 0.2) is 66.0 Å². The van der Waals surface area contributed by atoms with E-state index < -0.39 is 6.04 Å². The number of nitrogens with zero attached hydrogens (tertiary/aromatic N) is 1. The van der Waals surface area contributed by atoms with Gasteiger partial charge in [-0.05, 0) is 61.0 Å². The molecule has 1 aliphatic carbocycles. The van der Waals surface area contributed by atoms with Gasteiger partial charge in [-0.2, -0.15) is 0 Å². The summed E-state index contributed by atoms with van der Waals surface area (Å²) in [6.07, 6.45) is 4.12. The van der Waals surface area contributed by atoms with Crippen molar-refractivity contribution in [1.82, 2.24) is 5.32 Å². The van der Waals surface area contributed by atoms with Gasteiger partial charge in [-0.1, -0.05) is 54.8 Å². The van der Waals surface area contributed by atoms with Crippen molar-refractivity contribution >= 4 is 46.2 Å². The maximum absolute atomic E-state index is 13.8. The van der Waals surface area contributed by atoms with Crippen LogP contribution in [0.1, 0.15) is 59.4 Å².